The largest absolute Gasteiger partial charge is 0.472 e. The lowest BCUT2D eigenvalue weighted by atomic mass is 10.0. The van der Waals surface area contributed by atoms with E-state index in [2.05, 4.69) is 48.5 Å². The zero-order valence-corrected chi connectivity index (χ0v) is 73.1. The Hall–Kier alpha value is -1.94. The molecule has 0 aliphatic carbocycles. The molecule has 0 aromatic carbocycles. The molecule has 0 saturated carbocycles. The van der Waals surface area contributed by atoms with Crippen LogP contribution in [0.4, 0.5) is 0 Å². The zero-order valence-electron chi connectivity index (χ0n) is 71.3. The average molecular weight is 1580 g/mol. The van der Waals surface area contributed by atoms with Crippen LogP contribution < -0.4 is 0 Å². The second-order valence-electron chi connectivity index (χ2n) is 33.4. The van der Waals surface area contributed by atoms with E-state index in [0.29, 0.717) is 25.7 Å². The Bertz CT molecular complexity index is 2080. The van der Waals surface area contributed by atoms with Crippen molar-refractivity contribution in [1.29, 1.82) is 0 Å². The summed E-state index contributed by atoms with van der Waals surface area (Å²) >= 11 is 0. The van der Waals surface area contributed by atoms with Crippen molar-refractivity contribution in [3.05, 3.63) is 0 Å². The number of aliphatic hydroxyl groups excluding tert-OH is 1. The number of ether oxygens (including phenoxy) is 4. The van der Waals surface area contributed by atoms with Gasteiger partial charge in [-0.05, 0) is 43.4 Å². The highest BCUT2D eigenvalue weighted by Crippen LogP contribution is 2.45. The molecule has 0 heterocycles. The van der Waals surface area contributed by atoms with Gasteiger partial charge in [-0.2, -0.15) is 0 Å². The molecule has 0 aliphatic rings. The molecule has 0 aromatic heterocycles. The summed E-state index contributed by atoms with van der Waals surface area (Å²) in [7, 11) is -9.93. The Morgan fingerprint density at radius 3 is 0.630 bits per heavy atom. The fourth-order valence-corrected chi connectivity index (χ4v) is 15.5. The second-order valence-corrected chi connectivity index (χ2v) is 36.3. The van der Waals surface area contributed by atoms with Gasteiger partial charge in [-0.25, -0.2) is 9.13 Å². The Balaban J connectivity index is 5.18. The molecule has 17 nitrogen and oxygen atoms in total. The number of hydrogen-bond acceptors (Lipinski definition) is 15. The van der Waals surface area contributed by atoms with Crippen molar-refractivity contribution in [3.63, 3.8) is 0 Å². The van der Waals surface area contributed by atoms with Crippen molar-refractivity contribution in [2.24, 2.45) is 17.8 Å². The van der Waals surface area contributed by atoms with Gasteiger partial charge in [-0.15, -0.1) is 0 Å². The molecule has 0 saturated heterocycles. The first kappa shape index (κ1) is 106. The van der Waals surface area contributed by atoms with E-state index in [-0.39, 0.29) is 25.7 Å². The third-order valence-corrected chi connectivity index (χ3v) is 22.8. The molecular formula is C89H174O17P2. The van der Waals surface area contributed by atoms with Gasteiger partial charge in [0.1, 0.15) is 19.3 Å². The molecule has 642 valence electrons. The predicted molar refractivity (Wildman–Crippen MR) is 446 cm³/mol. The summed E-state index contributed by atoms with van der Waals surface area (Å²) < 4.78 is 68.9. The summed E-state index contributed by atoms with van der Waals surface area (Å²) in [5, 5.41) is 10.7. The van der Waals surface area contributed by atoms with Gasteiger partial charge >= 0.3 is 39.5 Å². The van der Waals surface area contributed by atoms with E-state index in [0.717, 1.165) is 114 Å². The SMILES string of the molecule is CCCCCCCCCCC(=O)OC[C@H](COP(=O)(O)OC[C@H](O)COP(=O)(O)OC[C@@H](COC(=O)CCCCCCCCCCCCCCCCCCCCC(C)C)OC(=O)CCCCCCCCCCCCCCCCCCCCC(C)C)OC(=O)CCCCCCCCCCCCCCCCCC(C)C. The molecule has 0 radical (unpaired) electrons. The number of unbranched alkanes of at least 4 members (excludes halogenated alkanes) is 55. The van der Waals surface area contributed by atoms with Crippen molar-refractivity contribution >= 4 is 39.5 Å². The lowest BCUT2D eigenvalue weighted by Gasteiger charge is -2.21. The van der Waals surface area contributed by atoms with E-state index in [9.17, 15) is 43.2 Å². The lowest BCUT2D eigenvalue weighted by molar-refractivity contribution is -0.161. The van der Waals surface area contributed by atoms with E-state index in [4.69, 9.17) is 37.0 Å². The number of aliphatic hydroxyl groups is 1. The number of phosphoric acid groups is 2. The summed E-state index contributed by atoms with van der Waals surface area (Å²) in [6.45, 7) is 12.1. The van der Waals surface area contributed by atoms with Gasteiger partial charge in [-0.1, -0.05) is 421 Å². The first-order chi connectivity index (χ1) is 52.2. The number of carbonyl (C=O) groups is 4. The van der Waals surface area contributed by atoms with Crippen LogP contribution in [0.3, 0.4) is 0 Å². The maximum Gasteiger partial charge on any atom is 0.472 e. The van der Waals surface area contributed by atoms with Crippen molar-refractivity contribution < 1.29 is 80.2 Å². The van der Waals surface area contributed by atoms with E-state index in [1.807, 2.05) is 0 Å². The van der Waals surface area contributed by atoms with Gasteiger partial charge in [0.15, 0.2) is 12.2 Å². The van der Waals surface area contributed by atoms with Gasteiger partial charge in [0.25, 0.3) is 0 Å². The van der Waals surface area contributed by atoms with Gasteiger partial charge in [0.05, 0.1) is 26.4 Å². The quantitative estimate of drug-likeness (QED) is 0.0222. The summed E-state index contributed by atoms with van der Waals surface area (Å²) in [5.74, 6) is 0.343. The van der Waals surface area contributed by atoms with E-state index >= 15 is 0 Å². The van der Waals surface area contributed by atoms with Gasteiger partial charge < -0.3 is 33.8 Å². The zero-order chi connectivity index (χ0) is 79.3. The smallest absolute Gasteiger partial charge is 0.462 e. The molecule has 0 amide bonds. The number of esters is 4. The minimum Gasteiger partial charge on any atom is -0.462 e. The van der Waals surface area contributed by atoms with Crippen LogP contribution in [-0.4, -0.2) is 96.7 Å². The average Bonchev–Trinajstić information content (AvgIpc) is 0.898. The molecule has 5 atom stereocenters. The predicted octanol–water partition coefficient (Wildman–Crippen LogP) is 27.3. The number of carbonyl (C=O) groups excluding carboxylic acids is 4. The van der Waals surface area contributed by atoms with Crippen molar-refractivity contribution in [3.8, 4) is 0 Å². The van der Waals surface area contributed by atoms with E-state index in [1.165, 1.54) is 276 Å². The third-order valence-electron chi connectivity index (χ3n) is 20.9. The first-order valence-corrected chi connectivity index (χ1v) is 48.8. The maximum atomic E-state index is 13.2. The standard InChI is InChI=1S/C89H174O17P2/c1-8-9-10-11-12-49-56-63-70-86(91)99-76-84(105-88(93)72-66-59-52-45-39-33-27-21-24-30-36-42-48-55-62-69-82(6)7)78-103-107(95,96)101-74-83(90)75-102-108(97,98)104-79-85(106-89(94)73-65-58-51-44-38-32-26-20-16-14-18-23-29-35-41-47-54-61-68-81(4)5)77-100-87(92)71-64-57-50-43-37-31-25-19-15-13-17-22-28-34-40-46-53-60-67-80(2)3/h80-85,90H,8-79H2,1-7H3,(H,95,96)(H,97,98)/t83-,84+,85+/m0/s1. The summed E-state index contributed by atoms with van der Waals surface area (Å²) in [6.07, 6.45) is 71.0. The van der Waals surface area contributed by atoms with Crippen LogP contribution in [0.15, 0.2) is 0 Å². The van der Waals surface area contributed by atoms with E-state index in [1.54, 1.807) is 0 Å². The summed E-state index contributed by atoms with van der Waals surface area (Å²) in [5.41, 5.74) is 0. The molecule has 19 heteroatoms. The highest BCUT2D eigenvalue weighted by atomic mass is 31.2. The van der Waals surface area contributed by atoms with Gasteiger partial charge in [0.2, 0.25) is 0 Å². The number of phosphoric ester groups is 2. The second kappa shape index (κ2) is 78.9. The first-order valence-electron chi connectivity index (χ1n) is 45.8. The van der Waals surface area contributed by atoms with E-state index < -0.39 is 97.5 Å². The fraction of sp³-hybridized carbons (Fsp3) is 0.955. The normalized spacial score (nSPS) is 13.8. The van der Waals surface area contributed by atoms with Crippen LogP contribution in [0.5, 0.6) is 0 Å². The minimum atomic E-state index is -4.97. The van der Waals surface area contributed by atoms with Crippen molar-refractivity contribution in [2.45, 2.75) is 491 Å². The Morgan fingerprint density at radius 2 is 0.426 bits per heavy atom. The summed E-state index contributed by atoms with van der Waals surface area (Å²) in [6, 6.07) is 0. The van der Waals surface area contributed by atoms with Gasteiger partial charge in [-0.3, -0.25) is 37.3 Å². The van der Waals surface area contributed by atoms with Gasteiger partial charge in [0, 0.05) is 25.7 Å². The van der Waals surface area contributed by atoms with Crippen LogP contribution >= 0.6 is 15.6 Å². The molecule has 0 bridgehead atoms. The molecular weight excluding hydrogens is 1400 g/mol. The molecule has 0 spiro atoms. The number of hydrogen-bond donors (Lipinski definition) is 3. The van der Waals surface area contributed by atoms with Crippen LogP contribution in [0.2, 0.25) is 0 Å². The van der Waals surface area contributed by atoms with Crippen LogP contribution in [-0.2, 0) is 65.4 Å². The van der Waals surface area contributed by atoms with Crippen LogP contribution in [0.25, 0.3) is 0 Å². The Labute approximate surface area is 664 Å². The van der Waals surface area contributed by atoms with Crippen molar-refractivity contribution in [1.82, 2.24) is 0 Å². The molecule has 0 aromatic rings. The fourth-order valence-electron chi connectivity index (χ4n) is 13.9. The highest BCUT2D eigenvalue weighted by Gasteiger charge is 2.31. The van der Waals surface area contributed by atoms with Crippen molar-refractivity contribution in [2.75, 3.05) is 39.6 Å². The monoisotopic (exact) mass is 1580 g/mol. The molecule has 3 N–H and O–H groups in total. The van der Waals surface area contributed by atoms with Crippen LogP contribution in [0, 0.1) is 17.8 Å². The molecule has 0 aliphatic heterocycles. The number of rotatable bonds is 87. The Kier molecular flexibility index (Phi) is 77.5. The molecule has 108 heavy (non-hydrogen) atoms. The topological polar surface area (TPSA) is 237 Å². The molecule has 0 fully saturated rings. The van der Waals surface area contributed by atoms with Crippen LogP contribution in [0.1, 0.15) is 472 Å². The molecule has 2 unspecified atom stereocenters. The highest BCUT2D eigenvalue weighted by molar-refractivity contribution is 7.47. The maximum absolute atomic E-state index is 13.2. The minimum absolute atomic E-state index is 0.108. The summed E-state index contributed by atoms with van der Waals surface area (Å²) in [4.78, 5) is 73.2. The third kappa shape index (κ3) is 82.1. The lowest BCUT2D eigenvalue weighted by Crippen LogP contribution is -2.30. The molecule has 0 rings (SSSR count). The Morgan fingerprint density at radius 1 is 0.250 bits per heavy atom.